The SMILES string of the molecule is CCOC(=O)CCC(=O)CSCc1ccccc1C. The monoisotopic (exact) mass is 280 g/mol. The second kappa shape index (κ2) is 8.75. The third-order valence-corrected chi connectivity index (χ3v) is 3.74. The van der Waals surface area contributed by atoms with Crippen molar-refractivity contribution in [3.05, 3.63) is 35.4 Å². The van der Waals surface area contributed by atoms with E-state index in [2.05, 4.69) is 19.1 Å². The first-order valence-corrected chi connectivity index (χ1v) is 7.58. The molecule has 0 radical (unpaired) electrons. The summed E-state index contributed by atoms with van der Waals surface area (Å²) in [6.07, 6.45) is 0.469. The van der Waals surface area contributed by atoms with E-state index in [-0.39, 0.29) is 24.6 Å². The smallest absolute Gasteiger partial charge is 0.306 e. The summed E-state index contributed by atoms with van der Waals surface area (Å²) in [6, 6.07) is 8.16. The van der Waals surface area contributed by atoms with E-state index in [9.17, 15) is 9.59 Å². The topological polar surface area (TPSA) is 43.4 Å². The summed E-state index contributed by atoms with van der Waals surface area (Å²) >= 11 is 1.59. The van der Waals surface area contributed by atoms with Crippen molar-refractivity contribution >= 4 is 23.5 Å². The zero-order valence-corrected chi connectivity index (χ0v) is 12.3. The van der Waals surface area contributed by atoms with Gasteiger partial charge in [0.2, 0.25) is 0 Å². The van der Waals surface area contributed by atoms with Gasteiger partial charge in [0.1, 0.15) is 5.78 Å². The number of ether oxygens (including phenoxy) is 1. The maximum atomic E-state index is 11.6. The minimum absolute atomic E-state index is 0.103. The molecule has 0 unspecified atom stereocenters. The Hall–Kier alpha value is -1.29. The third-order valence-electron chi connectivity index (χ3n) is 2.70. The lowest BCUT2D eigenvalue weighted by molar-refractivity contribution is -0.144. The van der Waals surface area contributed by atoms with Crippen LogP contribution in [-0.2, 0) is 20.1 Å². The van der Waals surface area contributed by atoms with Gasteiger partial charge in [-0.3, -0.25) is 9.59 Å². The second-order valence-electron chi connectivity index (χ2n) is 4.26. The fraction of sp³-hybridized carbons (Fsp3) is 0.467. The van der Waals surface area contributed by atoms with Crippen LogP contribution in [0.5, 0.6) is 0 Å². The van der Waals surface area contributed by atoms with Crippen LogP contribution >= 0.6 is 11.8 Å². The Kier molecular flexibility index (Phi) is 7.26. The number of hydrogen-bond donors (Lipinski definition) is 0. The standard InChI is InChI=1S/C15H20O3S/c1-3-18-15(17)9-8-14(16)11-19-10-13-7-5-4-6-12(13)2/h4-7H,3,8-11H2,1-2H3. The Morgan fingerprint density at radius 2 is 1.95 bits per heavy atom. The number of Topliss-reactive ketones (excluding diaryl/α,β-unsaturated/α-hetero) is 1. The quantitative estimate of drug-likeness (QED) is 0.686. The summed E-state index contributed by atoms with van der Waals surface area (Å²) in [5, 5.41) is 0. The van der Waals surface area contributed by atoms with E-state index in [0.717, 1.165) is 5.75 Å². The summed E-state index contributed by atoms with van der Waals surface area (Å²) in [6.45, 7) is 4.20. The van der Waals surface area contributed by atoms with Gasteiger partial charge in [0.25, 0.3) is 0 Å². The Balaban J connectivity index is 2.21. The predicted molar refractivity (Wildman–Crippen MR) is 78.2 cm³/mol. The van der Waals surface area contributed by atoms with E-state index in [4.69, 9.17) is 4.74 Å². The minimum atomic E-state index is -0.292. The first-order chi connectivity index (χ1) is 9.13. The number of benzene rings is 1. The molecule has 0 spiro atoms. The van der Waals surface area contributed by atoms with Gasteiger partial charge in [-0.2, -0.15) is 0 Å². The number of carbonyl (C=O) groups is 2. The van der Waals surface area contributed by atoms with Crippen LogP contribution in [0.4, 0.5) is 0 Å². The maximum absolute atomic E-state index is 11.6. The summed E-state index contributed by atoms with van der Waals surface area (Å²) in [7, 11) is 0. The number of aryl methyl sites for hydroxylation is 1. The molecule has 3 nitrogen and oxygen atoms in total. The van der Waals surface area contributed by atoms with E-state index in [1.165, 1.54) is 11.1 Å². The van der Waals surface area contributed by atoms with E-state index in [1.54, 1.807) is 18.7 Å². The molecule has 1 aromatic carbocycles. The van der Waals surface area contributed by atoms with Gasteiger partial charge in [0, 0.05) is 12.2 Å². The van der Waals surface area contributed by atoms with Crippen molar-refractivity contribution in [1.82, 2.24) is 0 Å². The highest BCUT2D eigenvalue weighted by Crippen LogP contribution is 2.16. The van der Waals surface area contributed by atoms with E-state index in [1.807, 2.05) is 12.1 Å². The highest BCUT2D eigenvalue weighted by molar-refractivity contribution is 7.99. The van der Waals surface area contributed by atoms with Gasteiger partial charge >= 0.3 is 5.97 Å². The largest absolute Gasteiger partial charge is 0.466 e. The van der Waals surface area contributed by atoms with Crippen LogP contribution in [0, 0.1) is 6.92 Å². The van der Waals surface area contributed by atoms with Crippen molar-refractivity contribution in [2.24, 2.45) is 0 Å². The van der Waals surface area contributed by atoms with Crippen molar-refractivity contribution in [3.8, 4) is 0 Å². The van der Waals surface area contributed by atoms with Gasteiger partial charge in [-0.05, 0) is 25.0 Å². The fourth-order valence-electron chi connectivity index (χ4n) is 1.59. The van der Waals surface area contributed by atoms with Gasteiger partial charge in [0.05, 0.1) is 18.8 Å². The highest BCUT2D eigenvalue weighted by atomic mass is 32.2. The van der Waals surface area contributed by atoms with Crippen LogP contribution in [0.1, 0.15) is 30.9 Å². The number of ketones is 1. The molecule has 0 aliphatic heterocycles. The molecular weight excluding hydrogens is 260 g/mol. The minimum Gasteiger partial charge on any atom is -0.466 e. The van der Waals surface area contributed by atoms with Gasteiger partial charge in [0.15, 0.2) is 0 Å². The fourth-order valence-corrected chi connectivity index (χ4v) is 2.61. The zero-order valence-electron chi connectivity index (χ0n) is 11.5. The third kappa shape index (κ3) is 6.43. The Labute approximate surface area is 118 Å². The number of rotatable bonds is 8. The van der Waals surface area contributed by atoms with Crippen LogP contribution in [0.25, 0.3) is 0 Å². The molecule has 0 aliphatic rings. The van der Waals surface area contributed by atoms with Crippen LogP contribution in [0.15, 0.2) is 24.3 Å². The van der Waals surface area contributed by atoms with Crippen molar-refractivity contribution in [2.75, 3.05) is 12.4 Å². The molecule has 0 heterocycles. The van der Waals surface area contributed by atoms with Crippen molar-refractivity contribution in [2.45, 2.75) is 32.4 Å². The Morgan fingerprint density at radius 1 is 1.21 bits per heavy atom. The molecule has 104 valence electrons. The van der Waals surface area contributed by atoms with Crippen LogP contribution in [0.2, 0.25) is 0 Å². The first-order valence-electron chi connectivity index (χ1n) is 6.43. The van der Waals surface area contributed by atoms with Crippen molar-refractivity contribution < 1.29 is 14.3 Å². The van der Waals surface area contributed by atoms with Crippen LogP contribution < -0.4 is 0 Å². The molecule has 1 rings (SSSR count). The molecule has 0 saturated heterocycles. The molecule has 0 amide bonds. The molecule has 0 aromatic heterocycles. The second-order valence-corrected chi connectivity index (χ2v) is 5.25. The summed E-state index contributed by atoms with van der Waals surface area (Å²) < 4.78 is 4.78. The first kappa shape index (κ1) is 15.8. The lowest BCUT2D eigenvalue weighted by Crippen LogP contribution is -2.09. The maximum Gasteiger partial charge on any atom is 0.306 e. The number of thioether (sulfide) groups is 1. The molecule has 0 aliphatic carbocycles. The molecular formula is C15H20O3S. The van der Waals surface area contributed by atoms with E-state index < -0.39 is 0 Å². The Morgan fingerprint density at radius 3 is 2.63 bits per heavy atom. The molecule has 1 aromatic rings. The highest BCUT2D eigenvalue weighted by Gasteiger charge is 2.08. The number of hydrogen-bond acceptors (Lipinski definition) is 4. The molecule has 4 heteroatoms. The molecule has 0 fully saturated rings. The van der Waals surface area contributed by atoms with E-state index in [0.29, 0.717) is 12.4 Å². The summed E-state index contributed by atoms with van der Waals surface area (Å²) in [4.78, 5) is 22.7. The molecule has 19 heavy (non-hydrogen) atoms. The zero-order chi connectivity index (χ0) is 14.1. The lowest BCUT2D eigenvalue weighted by Gasteiger charge is -2.05. The summed E-state index contributed by atoms with van der Waals surface area (Å²) in [5.41, 5.74) is 2.50. The Bertz CT molecular complexity index is 429. The average Bonchev–Trinajstić information content (AvgIpc) is 2.39. The predicted octanol–water partition coefficient (Wildman–Crippen LogP) is 3.14. The number of carbonyl (C=O) groups excluding carboxylic acids is 2. The van der Waals surface area contributed by atoms with Gasteiger partial charge < -0.3 is 4.74 Å². The summed E-state index contributed by atoms with van der Waals surface area (Å²) in [5.74, 6) is 1.09. The van der Waals surface area contributed by atoms with E-state index >= 15 is 0 Å². The van der Waals surface area contributed by atoms with Gasteiger partial charge in [-0.1, -0.05) is 24.3 Å². The molecule has 0 bridgehead atoms. The van der Waals surface area contributed by atoms with Crippen molar-refractivity contribution in [1.29, 1.82) is 0 Å². The average molecular weight is 280 g/mol. The molecule has 0 saturated carbocycles. The van der Waals surface area contributed by atoms with Crippen molar-refractivity contribution in [3.63, 3.8) is 0 Å². The lowest BCUT2D eigenvalue weighted by atomic mass is 10.1. The van der Waals surface area contributed by atoms with Crippen LogP contribution in [0.3, 0.4) is 0 Å². The van der Waals surface area contributed by atoms with Gasteiger partial charge in [-0.25, -0.2) is 0 Å². The normalized spacial score (nSPS) is 10.2. The molecule has 0 atom stereocenters. The van der Waals surface area contributed by atoms with Crippen LogP contribution in [-0.4, -0.2) is 24.1 Å². The van der Waals surface area contributed by atoms with Gasteiger partial charge in [-0.15, -0.1) is 11.8 Å². The number of esters is 1. The molecule has 0 N–H and O–H groups in total.